The lowest BCUT2D eigenvalue weighted by Crippen LogP contribution is -2.34. The number of rotatable bonds is 9. The van der Waals surface area contributed by atoms with Gasteiger partial charge in [-0.05, 0) is 50.8 Å². The van der Waals surface area contributed by atoms with Gasteiger partial charge in [0, 0.05) is 37.5 Å². The maximum absolute atomic E-state index is 12.1. The molecule has 0 spiro atoms. The van der Waals surface area contributed by atoms with E-state index in [0.717, 1.165) is 29.8 Å². The summed E-state index contributed by atoms with van der Waals surface area (Å²) in [5.41, 5.74) is 3.27. The fourth-order valence-electron chi connectivity index (χ4n) is 2.78. The lowest BCUT2D eigenvalue weighted by molar-refractivity contribution is -0.121. The minimum absolute atomic E-state index is 0.0527. The zero-order valence-electron chi connectivity index (χ0n) is 15.3. The Labute approximate surface area is 149 Å². The number of nitrogens with zero attached hydrogens (tertiary/aromatic N) is 2. The minimum atomic E-state index is 0.0527. The summed E-state index contributed by atoms with van der Waals surface area (Å²) in [5, 5.41) is 3.03. The number of amides is 1. The van der Waals surface area contributed by atoms with Crippen LogP contribution in [0.1, 0.15) is 43.5 Å². The van der Waals surface area contributed by atoms with E-state index < -0.39 is 0 Å². The van der Waals surface area contributed by atoms with Gasteiger partial charge in [-0.1, -0.05) is 12.1 Å². The first-order valence-electron chi connectivity index (χ1n) is 8.85. The SMILES string of the molecule is CCOc1ccc(CCCC(=O)N[C@H](C)Cc2cnccn2)cc1C. The zero-order chi connectivity index (χ0) is 18.1. The highest BCUT2D eigenvalue weighted by Gasteiger charge is 2.09. The standard InChI is InChI=1S/C20H27N3O2/c1-4-25-19-9-8-17(12-15(19)2)6-5-7-20(24)23-16(3)13-18-14-21-10-11-22-18/h8-12,14,16H,4-7,13H2,1-3H3,(H,23,24)/t16-/m1/s1. The molecule has 134 valence electrons. The number of ether oxygens (including phenoxy) is 1. The third kappa shape index (κ3) is 6.53. The second kappa shape index (κ2) is 9.77. The Kier molecular flexibility index (Phi) is 7.38. The van der Waals surface area contributed by atoms with Crippen molar-refractivity contribution in [3.05, 3.63) is 53.6 Å². The van der Waals surface area contributed by atoms with E-state index in [1.807, 2.05) is 19.9 Å². The van der Waals surface area contributed by atoms with Crippen LogP contribution < -0.4 is 10.1 Å². The minimum Gasteiger partial charge on any atom is -0.494 e. The number of hydrogen-bond acceptors (Lipinski definition) is 4. The fourth-order valence-corrected chi connectivity index (χ4v) is 2.78. The van der Waals surface area contributed by atoms with Crippen molar-refractivity contribution < 1.29 is 9.53 Å². The quantitative estimate of drug-likeness (QED) is 0.760. The van der Waals surface area contributed by atoms with Crippen LogP contribution in [-0.2, 0) is 17.6 Å². The molecule has 0 aliphatic heterocycles. The van der Waals surface area contributed by atoms with E-state index in [0.29, 0.717) is 19.4 Å². The molecular weight excluding hydrogens is 314 g/mol. The van der Waals surface area contributed by atoms with Crippen molar-refractivity contribution in [2.45, 2.75) is 52.5 Å². The van der Waals surface area contributed by atoms with Gasteiger partial charge >= 0.3 is 0 Å². The van der Waals surface area contributed by atoms with Crippen molar-refractivity contribution in [3.63, 3.8) is 0 Å². The largest absolute Gasteiger partial charge is 0.494 e. The Hall–Kier alpha value is -2.43. The van der Waals surface area contributed by atoms with Gasteiger partial charge in [-0.25, -0.2) is 0 Å². The molecule has 0 bridgehead atoms. The van der Waals surface area contributed by atoms with Crippen molar-refractivity contribution in [2.24, 2.45) is 0 Å². The normalized spacial score (nSPS) is 11.8. The number of nitrogens with one attached hydrogen (secondary N) is 1. The molecule has 0 fully saturated rings. The summed E-state index contributed by atoms with van der Waals surface area (Å²) in [6, 6.07) is 6.28. The van der Waals surface area contributed by atoms with Crippen LogP contribution in [0.25, 0.3) is 0 Å². The van der Waals surface area contributed by atoms with Crippen LogP contribution >= 0.6 is 0 Å². The van der Waals surface area contributed by atoms with Gasteiger partial charge in [0.05, 0.1) is 12.3 Å². The Balaban J connectivity index is 1.72. The molecule has 0 aliphatic carbocycles. The smallest absolute Gasteiger partial charge is 0.220 e. The lowest BCUT2D eigenvalue weighted by atomic mass is 10.0. The first kappa shape index (κ1) is 18.9. The molecule has 5 nitrogen and oxygen atoms in total. The molecule has 0 saturated carbocycles. The van der Waals surface area contributed by atoms with E-state index in [9.17, 15) is 4.79 Å². The second-order valence-corrected chi connectivity index (χ2v) is 6.26. The van der Waals surface area contributed by atoms with Crippen molar-refractivity contribution in [1.82, 2.24) is 15.3 Å². The van der Waals surface area contributed by atoms with Gasteiger partial charge in [0.15, 0.2) is 0 Å². The monoisotopic (exact) mass is 341 g/mol. The molecule has 5 heteroatoms. The molecule has 0 saturated heterocycles. The Morgan fingerprint density at radius 1 is 1.32 bits per heavy atom. The summed E-state index contributed by atoms with van der Waals surface area (Å²) < 4.78 is 5.55. The lowest BCUT2D eigenvalue weighted by Gasteiger charge is -2.13. The van der Waals surface area contributed by atoms with E-state index in [2.05, 4.69) is 34.3 Å². The molecule has 1 heterocycles. The van der Waals surface area contributed by atoms with E-state index >= 15 is 0 Å². The van der Waals surface area contributed by atoms with Crippen LogP contribution in [0.3, 0.4) is 0 Å². The number of carbonyl (C=O) groups excluding carboxylic acids is 1. The summed E-state index contributed by atoms with van der Waals surface area (Å²) in [4.78, 5) is 20.3. The van der Waals surface area contributed by atoms with Gasteiger partial charge in [0.25, 0.3) is 0 Å². The van der Waals surface area contributed by atoms with Gasteiger partial charge in [-0.2, -0.15) is 0 Å². The molecule has 1 aromatic carbocycles. The second-order valence-electron chi connectivity index (χ2n) is 6.26. The van der Waals surface area contributed by atoms with Crippen LogP contribution in [0.15, 0.2) is 36.8 Å². The summed E-state index contributed by atoms with van der Waals surface area (Å²) >= 11 is 0. The highest BCUT2D eigenvalue weighted by molar-refractivity contribution is 5.76. The summed E-state index contributed by atoms with van der Waals surface area (Å²) in [6.45, 7) is 6.70. The molecule has 1 amide bonds. The number of benzene rings is 1. The van der Waals surface area contributed by atoms with Crippen LogP contribution in [-0.4, -0.2) is 28.5 Å². The third-order valence-electron chi connectivity index (χ3n) is 3.95. The maximum atomic E-state index is 12.1. The average molecular weight is 341 g/mol. The van der Waals surface area contributed by atoms with Crippen LogP contribution in [0.2, 0.25) is 0 Å². The number of hydrogen-bond donors (Lipinski definition) is 1. The Morgan fingerprint density at radius 2 is 2.16 bits per heavy atom. The first-order valence-corrected chi connectivity index (χ1v) is 8.85. The van der Waals surface area contributed by atoms with E-state index in [4.69, 9.17) is 4.74 Å². The third-order valence-corrected chi connectivity index (χ3v) is 3.95. The highest BCUT2D eigenvalue weighted by atomic mass is 16.5. The van der Waals surface area contributed by atoms with Gasteiger partial charge in [-0.15, -0.1) is 0 Å². The number of aryl methyl sites for hydroxylation is 2. The topological polar surface area (TPSA) is 64.1 Å². The summed E-state index contributed by atoms with van der Waals surface area (Å²) in [5.74, 6) is 1.01. The van der Waals surface area contributed by atoms with Gasteiger partial charge in [-0.3, -0.25) is 14.8 Å². The zero-order valence-corrected chi connectivity index (χ0v) is 15.3. The first-order chi connectivity index (χ1) is 12.1. The molecule has 1 N–H and O–H groups in total. The van der Waals surface area contributed by atoms with E-state index in [-0.39, 0.29) is 11.9 Å². The summed E-state index contributed by atoms with van der Waals surface area (Å²) in [6.07, 6.45) is 7.99. The van der Waals surface area contributed by atoms with Gasteiger partial charge in [0.1, 0.15) is 5.75 Å². The number of aromatic nitrogens is 2. The van der Waals surface area contributed by atoms with Gasteiger partial charge in [0.2, 0.25) is 5.91 Å². The molecule has 0 radical (unpaired) electrons. The Bertz CT molecular complexity index is 674. The van der Waals surface area contributed by atoms with Crippen molar-refractivity contribution in [2.75, 3.05) is 6.61 Å². The predicted octanol–water partition coefficient (Wildman–Crippen LogP) is 3.25. The van der Waals surface area contributed by atoms with Crippen molar-refractivity contribution >= 4 is 5.91 Å². The molecule has 1 atom stereocenters. The van der Waals surface area contributed by atoms with E-state index in [1.54, 1.807) is 18.6 Å². The fraction of sp³-hybridized carbons (Fsp3) is 0.450. The molecule has 25 heavy (non-hydrogen) atoms. The maximum Gasteiger partial charge on any atom is 0.220 e. The molecule has 2 rings (SSSR count). The average Bonchev–Trinajstić information content (AvgIpc) is 2.58. The molecule has 2 aromatic rings. The van der Waals surface area contributed by atoms with Crippen molar-refractivity contribution in [3.8, 4) is 5.75 Å². The Morgan fingerprint density at radius 3 is 2.84 bits per heavy atom. The van der Waals surface area contributed by atoms with Crippen LogP contribution in [0.5, 0.6) is 5.75 Å². The highest BCUT2D eigenvalue weighted by Crippen LogP contribution is 2.20. The molecule has 0 unspecified atom stereocenters. The molecule has 0 aliphatic rings. The van der Waals surface area contributed by atoms with E-state index in [1.165, 1.54) is 5.56 Å². The van der Waals surface area contributed by atoms with Crippen molar-refractivity contribution in [1.29, 1.82) is 0 Å². The summed E-state index contributed by atoms with van der Waals surface area (Å²) in [7, 11) is 0. The number of carbonyl (C=O) groups is 1. The molecule has 1 aromatic heterocycles. The predicted molar refractivity (Wildman–Crippen MR) is 98.6 cm³/mol. The van der Waals surface area contributed by atoms with Gasteiger partial charge < -0.3 is 10.1 Å². The van der Waals surface area contributed by atoms with Crippen LogP contribution in [0, 0.1) is 6.92 Å². The van der Waals surface area contributed by atoms with Crippen LogP contribution in [0.4, 0.5) is 0 Å². The molecular formula is C20H27N3O2.